The summed E-state index contributed by atoms with van der Waals surface area (Å²) in [5, 5.41) is 0. The molecule has 0 radical (unpaired) electrons. The van der Waals surface area contributed by atoms with Gasteiger partial charge in [0.1, 0.15) is 0 Å². The number of carbonyl (C=O) groups is 1. The van der Waals surface area contributed by atoms with E-state index in [0.29, 0.717) is 18.6 Å². The summed E-state index contributed by atoms with van der Waals surface area (Å²) >= 11 is 0. The summed E-state index contributed by atoms with van der Waals surface area (Å²) in [6, 6.07) is 8.65. The number of hydrogen-bond acceptors (Lipinski definition) is 4. The van der Waals surface area contributed by atoms with Crippen molar-refractivity contribution < 1.29 is 4.79 Å². The summed E-state index contributed by atoms with van der Waals surface area (Å²) in [6.45, 7) is 6.35. The van der Waals surface area contributed by atoms with Crippen LogP contribution in [-0.4, -0.2) is 49.4 Å². The van der Waals surface area contributed by atoms with Gasteiger partial charge in [-0.05, 0) is 33.0 Å². The normalized spacial score (nSPS) is 24.5. The van der Waals surface area contributed by atoms with Gasteiger partial charge in [-0.3, -0.25) is 9.69 Å². The maximum Gasteiger partial charge on any atom is 0.159 e. The van der Waals surface area contributed by atoms with Crippen molar-refractivity contribution in [1.29, 1.82) is 0 Å². The van der Waals surface area contributed by atoms with Gasteiger partial charge in [-0.15, -0.1) is 0 Å². The van der Waals surface area contributed by atoms with Crippen molar-refractivity contribution in [2.75, 3.05) is 31.6 Å². The second-order valence-corrected chi connectivity index (χ2v) is 5.44. The van der Waals surface area contributed by atoms with Gasteiger partial charge in [-0.1, -0.05) is 12.1 Å². The Hall–Kier alpha value is -1.39. The second kappa shape index (κ2) is 5.72. The molecule has 1 saturated heterocycles. The molecular formula is C15H23N3O. The molecule has 0 spiro atoms. The van der Waals surface area contributed by atoms with Crippen LogP contribution in [0.25, 0.3) is 0 Å². The lowest BCUT2D eigenvalue weighted by molar-refractivity contribution is 0.101. The van der Waals surface area contributed by atoms with Crippen LogP contribution in [0.3, 0.4) is 0 Å². The molecule has 0 aromatic heterocycles. The topological polar surface area (TPSA) is 49.6 Å². The molecule has 0 amide bonds. The average Bonchev–Trinajstić information content (AvgIpc) is 2.41. The predicted molar refractivity (Wildman–Crippen MR) is 78.7 cm³/mol. The Kier molecular flexibility index (Phi) is 4.22. The molecule has 1 aliphatic rings. The Morgan fingerprint density at radius 1 is 1.42 bits per heavy atom. The van der Waals surface area contributed by atoms with E-state index in [2.05, 4.69) is 29.8 Å². The molecule has 0 saturated carbocycles. The standard InChI is InChI=1S/C15H23N3O/c1-11-9-18(15(8-16)10-17(11)3)14-6-4-5-13(7-14)12(2)19/h4-7,11,15H,8-10,16H2,1-3H3. The fraction of sp³-hybridized carbons (Fsp3) is 0.533. The van der Waals surface area contributed by atoms with E-state index < -0.39 is 0 Å². The number of nitrogens with zero attached hydrogens (tertiary/aromatic N) is 2. The van der Waals surface area contributed by atoms with E-state index in [0.717, 1.165) is 24.3 Å². The fourth-order valence-electron chi connectivity index (χ4n) is 2.61. The largest absolute Gasteiger partial charge is 0.364 e. The number of hydrogen-bond donors (Lipinski definition) is 1. The number of piperazine rings is 1. The number of anilines is 1. The first-order chi connectivity index (χ1) is 9.02. The maximum absolute atomic E-state index is 11.5. The van der Waals surface area contributed by atoms with Gasteiger partial charge in [0.05, 0.1) is 6.04 Å². The number of nitrogens with two attached hydrogens (primary N) is 1. The van der Waals surface area contributed by atoms with Crippen molar-refractivity contribution >= 4 is 11.5 Å². The van der Waals surface area contributed by atoms with Crippen molar-refractivity contribution in [3.8, 4) is 0 Å². The van der Waals surface area contributed by atoms with Crippen LogP contribution in [0.1, 0.15) is 24.2 Å². The third-order valence-corrected chi connectivity index (χ3v) is 4.01. The molecule has 104 valence electrons. The lowest BCUT2D eigenvalue weighted by Gasteiger charge is -2.44. The predicted octanol–water partition coefficient (Wildman–Crippen LogP) is 1.36. The van der Waals surface area contributed by atoms with Gasteiger partial charge in [0.25, 0.3) is 0 Å². The van der Waals surface area contributed by atoms with Crippen LogP contribution in [0.4, 0.5) is 5.69 Å². The summed E-state index contributed by atoms with van der Waals surface area (Å²) < 4.78 is 0. The highest BCUT2D eigenvalue weighted by molar-refractivity contribution is 5.95. The molecule has 2 N–H and O–H groups in total. The second-order valence-electron chi connectivity index (χ2n) is 5.44. The van der Waals surface area contributed by atoms with E-state index in [1.54, 1.807) is 6.92 Å². The zero-order chi connectivity index (χ0) is 14.0. The van der Waals surface area contributed by atoms with Crippen molar-refractivity contribution in [3.05, 3.63) is 29.8 Å². The van der Waals surface area contributed by atoms with Gasteiger partial charge in [0.15, 0.2) is 5.78 Å². The van der Waals surface area contributed by atoms with E-state index in [-0.39, 0.29) is 5.78 Å². The number of ketones is 1. The fourth-order valence-corrected chi connectivity index (χ4v) is 2.61. The van der Waals surface area contributed by atoms with Gasteiger partial charge in [-0.25, -0.2) is 0 Å². The number of rotatable bonds is 3. The van der Waals surface area contributed by atoms with E-state index in [4.69, 9.17) is 5.73 Å². The zero-order valence-corrected chi connectivity index (χ0v) is 12.0. The lowest BCUT2D eigenvalue weighted by Crippen LogP contribution is -2.58. The third kappa shape index (κ3) is 2.96. The van der Waals surface area contributed by atoms with Crippen LogP contribution in [-0.2, 0) is 0 Å². The Morgan fingerprint density at radius 3 is 2.79 bits per heavy atom. The highest BCUT2D eigenvalue weighted by Gasteiger charge is 2.28. The van der Waals surface area contributed by atoms with Gasteiger partial charge in [0, 0.05) is 36.9 Å². The van der Waals surface area contributed by atoms with Crippen LogP contribution in [0, 0.1) is 0 Å². The van der Waals surface area contributed by atoms with Crippen molar-refractivity contribution in [3.63, 3.8) is 0 Å². The minimum absolute atomic E-state index is 0.105. The molecule has 2 rings (SSSR count). The molecule has 0 bridgehead atoms. The lowest BCUT2D eigenvalue weighted by atomic mass is 10.0. The van der Waals surface area contributed by atoms with E-state index in [1.165, 1.54) is 0 Å². The molecule has 0 aliphatic carbocycles. The SMILES string of the molecule is CC(=O)c1cccc(N2CC(C)N(C)CC2CN)c1. The molecule has 19 heavy (non-hydrogen) atoms. The molecule has 1 aromatic rings. The van der Waals surface area contributed by atoms with E-state index in [1.807, 2.05) is 18.2 Å². The first kappa shape index (κ1) is 14.0. The average molecular weight is 261 g/mol. The maximum atomic E-state index is 11.5. The molecule has 1 aliphatic heterocycles. The summed E-state index contributed by atoms with van der Waals surface area (Å²) in [5.74, 6) is 0.105. The quantitative estimate of drug-likeness (QED) is 0.835. The van der Waals surface area contributed by atoms with Gasteiger partial charge >= 0.3 is 0 Å². The van der Waals surface area contributed by atoms with Crippen molar-refractivity contribution in [1.82, 2.24) is 4.90 Å². The van der Waals surface area contributed by atoms with Crippen molar-refractivity contribution in [2.45, 2.75) is 25.9 Å². The van der Waals surface area contributed by atoms with Crippen LogP contribution in [0.15, 0.2) is 24.3 Å². The Bertz CT molecular complexity index is 460. The Morgan fingerprint density at radius 2 is 2.16 bits per heavy atom. The minimum atomic E-state index is 0.105. The summed E-state index contributed by atoms with van der Waals surface area (Å²) in [7, 11) is 2.14. The first-order valence-electron chi connectivity index (χ1n) is 6.81. The highest BCUT2D eigenvalue weighted by Crippen LogP contribution is 2.23. The molecule has 1 fully saturated rings. The van der Waals surface area contributed by atoms with Crippen LogP contribution >= 0.6 is 0 Å². The molecule has 4 heteroatoms. The molecule has 1 aromatic carbocycles. The molecule has 2 unspecified atom stereocenters. The van der Waals surface area contributed by atoms with E-state index >= 15 is 0 Å². The minimum Gasteiger partial charge on any atom is -0.364 e. The molecule has 4 nitrogen and oxygen atoms in total. The number of benzene rings is 1. The number of Topliss-reactive ketones (excluding diaryl/α,β-unsaturated/α-hetero) is 1. The van der Waals surface area contributed by atoms with Crippen LogP contribution in [0.2, 0.25) is 0 Å². The van der Waals surface area contributed by atoms with Gasteiger partial charge in [0.2, 0.25) is 0 Å². The molecule has 1 heterocycles. The number of likely N-dealkylation sites (N-methyl/N-ethyl adjacent to an activating group) is 1. The number of carbonyl (C=O) groups excluding carboxylic acids is 1. The molecule has 2 atom stereocenters. The third-order valence-electron chi connectivity index (χ3n) is 4.01. The highest BCUT2D eigenvalue weighted by atomic mass is 16.1. The van der Waals surface area contributed by atoms with E-state index in [9.17, 15) is 4.79 Å². The Labute approximate surface area is 115 Å². The summed E-state index contributed by atoms with van der Waals surface area (Å²) in [6.07, 6.45) is 0. The van der Waals surface area contributed by atoms with Crippen LogP contribution in [0.5, 0.6) is 0 Å². The van der Waals surface area contributed by atoms with Gasteiger partial charge < -0.3 is 10.6 Å². The smallest absolute Gasteiger partial charge is 0.159 e. The summed E-state index contributed by atoms with van der Waals surface area (Å²) in [5.41, 5.74) is 7.77. The summed E-state index contributed by atoms with van der Waals surface area (Å²) in [4.78, 5) is 16.2. The molecular weight excluding hydrogens is 238 g/mol. The van der Waals surface area contributed by atoms with Crippen molar-refractivity contribution in [2.24, 2.45) is 5.73 Å². The van der Waals surface area contributed by atoms with Gasteiger partial charge in [-0.2, -0.15) is 0 Å². The zero-order valence-electron chi connectivity index (χ0n) is 12.0. The monoisotopic (exact) mass is 261 g/mol. The van der Waals surface area contributed by atoms with Crippen LogP contribution < -0.4 is 10.6 Å². The Balaban J connectivity index is 2.28. The first-order valence-corrected chi connectivity index (χ1v) is 6.81.